The largest absolute Gasteiger partial charge is 0.450 e. The van der Waals surface area contributed by atoms with Crippen LogP contribution in [0.25, 0.3) is 5.78 Å². The number of amides is 2. The number of thioether (sulfide) groups is 1. The van der Waals surface area contributed by atoms with Gasteiger partial charge in [0.15, 0.2) is 0 Å². The molecule has 8 nitrogen and oxygen atoms in total. The van der Waals surface area contributed by atoms with Crippen LogP contribution >= 0.6 is 11.8 Å². The summed E-state index contributed by atoms with van der Waals surface area (Å²) in [7, 11) is 0. The van der Waals surface area contributed by atoms with Crippen LogP contribution in [0.2, 0.25) is 0 Å². The monoisotopic (exact) mass is 281 g/mol. The number of aromatic nitrogens is 4. The number of carbonyl (C=O) groups excluding carboxylic acids is 2. The highest BCUT2D eigenvalue weighted by atomic mass is 32.2. The van der Waals surface area contributed by atoms with Gasteiger partial charge >= 0.3 is 6.09 Å². The Balaban J connectivity index is 1.88. The number of hydrogen-bond acceptors (Lipinski definition) is 7. The van der Waals surface area contributed by atoms with Crippen LogP contribution < -0.4 is 5.32 Å². The van der Waals surface area contributed by atoms with E-state index in [0.717, 1.165) is 11.8 Å². The first-order valence-corrected chi connectivity index (χ1v) is 6.44. The second-order valence-electron chi connectivity index (χ2n) is 3.32. The van der Waals surface area contributed by atoms with Gasteiger partial charge in [0.25, 0.3) is 5.78 Å². The SMILES string of the molecule is CCOC(=O)NC(=O)CSc1nc2ncccn2n1. The zero-order valence-electron chi connectivity index (χ0n) is 10.1. The van der Waals surface area contributed by atoms with Crippen molar-refractivity contribution in [3.8, 4) is 0 Å². The van der Waals surface area contributed by atoms with E-state index < -0.39 is 12.0 Å². The molecule has 2 rings (SSSR count). The van der Waals surface area contributed by atoms with E-state index in [1.165, 1.54) is 4.52 Å². The number of fused-ring (bicyclic) bond motifs is 1. The van der Waals surface area contributed by atoms with Crippen LogP contribution in [-0.2, 0) is 9.53 Å². The number of hydrogen-bond donors (Lipinski definition) is 1. The van der Waals surface area contributed by atoms with E-state index in [4.69, 9.17) is 0 Å². The van der Waals surface area contributed by atoms with E-state index in [0.29, 0.717) is 10.9 Å². The van der Waals surface area contributed by atoms with Gasteiger partial charge in [0.2, 0.25) is 11.1 Å². The van der Waals surface area contributed by atoms with Gasteiger partial charge in [-0.3, -0.25) is 10.1 Å². The Morgan fingerprint density at radius 3 is 3.11 bits per heavy atom. The number of carbonyl (C=O) groups is 2. The number of rotatable bonds is 4. The second kappa shape index (κ2) is 6.14. The summed E-state index contributed by atoms with van der Waals surface area (Å²) < 4.78 is 6.09. The normalized spacial score (nSPS) is 10.4. The molecule has 0 aliphatic carbocycles. The molecule has 2 aromatic heterocycles. The van der Waals surface area contributed by atoms with Crippen molar-refractivity contribution in [1.29, 1.82) is 0 Å². The molecule has 1 N–H and O–H groups in total. The summed E-state index contributed by atoms with van der Waals surface area (Å²) in [5, 5.41) is 6.61. The van der Waals surface area contributed by atoms with Crippen LogP contribution in [0.4, 0.5) is 4.79 Å². The topological polar surface area (TPSA) is 98.5 Å². The molecule has 0 saturated carbocycles. The van der Waals surface area contributed by atoms with E-state index in [2.05, 4.69) is 25.1 Å². The van der Waals surface area contributed by atoms with Crippen molar-refractivity contribution in [2.45, 2.75) is 12.1 Å². The van der Waals surface area contributed by atoms with Gasteiger partial charge < -0.3 is 4.74 Å². The fourth-order valence-electron chi connectivity index (χ4n) is 1.22. The van der Waals surface area contributed by atoms with Crippen LogP contribution in [0.3, 0.4) is 0 Å². The maximum absolute atomic E-state index is 11.4. The first-order valence-electron chi connectivity index (χ1n) is 5.46. The molecule has 0 atom stereocenters. The van der Waals surface area contributed by atoms with Crippen molar-refractivity contribution in [2.24, 2.45) is 0 Å². The maximum atomic E-state index is 11.4. The van der Waals surface area contributed by atoms with Crippen LogP contribution in [0, 0.1) is 0 Å². The summed E-state index contributed by atoms with van der Waals surface area (Å²) >= 11 is 1.11. The predicted octanol–water partition coefficient (Wildman–Crippen LogP) is 0.489. The minimum atomic E-state index is -0.752. The molecule has 0 fully saturated rings. The number of alkyl carbamates (subject to hydrolysis) is 1. The Kier molecular flexibility index (Phi) is 4.29. The molecule has 0 bridgehead atoms. The van der Waals surface area contributed by atoms with E-state index >= 15 is 0 Å². The van der Waals surface area contributed by atoms with Gasteiger partial charge in [0, 0.05) is 12.4 Å². The third-order valence-electron chi connectivity index (χ3n) is 1.95. The number of nitrogens with one attached hydrogen (secondary N) is 1. The van der Waals surface area contributed by atoms with Crippen molar-refractivity contribution in [3.63, 3.8) is 0 Å². The van der Waals surface area contributed by atoms with Crippen LogP contribution in [0.5, 0.6) is 0 Å². The van der Waals surface area contributed by atoms with Crippen molar-refractivity contribution >= 4 is 29.5 Å². The van der Waals surface area contributed by atoms with Gasteiger partial charge in [0.05, 0.1) is 12.4 Å². The fourth-order valence-corrected chi connectivity index (χ4v) is 1.85. The van der Waals surface area contributed by atoms with E-state index in [9.17, 15) is 9.59 Å². The van der Waals surface area contributed by atoms with Crippen molar-refractivity contribution in [1.82, 2.24) is 24.9 Å². The first-order chi connectivity index (χ1) is 9.19. The molecule has 0 aromatic carbocycles. The Hall–Kier alpha value is -2.16. The van der Waals surface area contributed by atoms with E-state index in [-0.39, 0.29) is 12.4 Å². The number of imide groups is 1. The number of nitrogens with zero attached hydrogens (tertiary/aromatic N) is 4. The average molecular weight is 281 g/mol. The van der Waals surface area contributed by atoms with Crippen molar-refractivity contribution in [3.05, 3.63) is 18.5 Å². The summed E-state index contributed by atoms with van der Waals surface area (Å²) in [6, 6.07) is 1.73. The zero-order chi connectivity index (χ0) is 13.7. The molecular weight excluding hydrogens is 270 g/mol. The molecule has 0 saturated heterocycles. The smallest absolute Gasteiger partial charge is 0.413 e. The average Bonchev–Trinajstić information content (AvgIpc) is 2.79. The Morgan fingerprint density at radius 2 is 2.37 bits per heavy atom. The van der Waals surface area contributed by atoms with Gasteiger partial charge in [-0.1, -0.05) is 11.8 Å². The lowest BCUT2D eigenvalue weighted by Crippen LogP contribution is -2.32. The lowest BCUT2D eigenvalue weighted by atomic mass is 10.7. The van der Waals surface area contributed by atoms with Crippen LogP contribution in [0.15, 0.2) is 23.6 Å². The fraction of sp³-hybridized carbons (Fsp3) is 0.300. The number of ether oxygens (including phenoxy) is 1. The first kappa shape index (κ1) is 13.3. The molecule has 2 amide bonds. The third-order valence-corrected chi connectivity index (χ3v) is 2.78. The predicted molar refractivity (Wildman–Crippen MR) is 66.7 cm³/mol. The summed E-state index contributed by atoms with van der Waals surface area (Å²) in [5.74, 6) is 0.0152. The molecular formula is C10H11N5O3S. The highest BCUT2D eigenvalue weighted by Gasteiger charge is 2.11. The van der Waals surface area contributed by atoms with Gasteiger partial charge in [-0.25, -0.2) is 14.3 Å². The standard InChI is InChI=1S/C10H11N5O3S/c1-2-18-10(17)12-7(16)6-19-9-13-8-11-4-3-5-15(8)14-9/h3-5H,2,6H2,1H3,(H,12,16,17). The zero-order valence-corrected chi connectivity index (χ0v) is 10.9. The summed E-state index contributed by atoms with van der Waals surface area (Å²) in [6.07, 6.45) is 2.56. The lowest BCUT2D eigenvalue weighted by molar-refractivity contribution is -0.117. The van der Waals surface area contributed by atoms with Gasteiger partial charge in [-0.15, -0.1) is 5.10 Å². The van der Waals surface area contributed by atoms with Gasteiger partial charge in [-0.05, 0) is 13.0 Å². The Morgan fingerprint density at radius 1 is 1.53 bits per heavy atom. The maximum Gasteiger partial charge on any atom is 0.413 e. The van der Waals surface area contributed by atoms with Crippen LogP contribution in [0.1, 0.15) is 6.92 Å². The van der Waals surface area contributed by atoms with Gasteiger partial charge in [0.1, 0.15) is 0 Å². The molecule has 0 radical (unpaired) electrons. The molecule has 100 valence electrons. The van der Waals surface area contributed by atoms with E-state index in [1.54, 1.807) is 25.4 Å². The van der Waals surface area contributed by atoms with Gasteiger partial charge in [-0.2, -0.15) is 4.98 Å². The molecule has 9 heteroatoms. The molecule has 2 heterocycles. The molecule has 0 spiro atoms. The minimum Gasteiger partial charge on any atom is -0.450 e. The van der Waals surface area contributed by atoms with Crippen LogP contribution in [-0.4, -0.2) is 43.9 Å². The van der Waals surface area contributed by atoms with E-state index in [1.807, 2.05) is 0 Å². The Labute approximate surface area is 112 Å². The summed E-state index contributed by atoms with van der Waals surface area (Å²) in [4.78, 5) is 30.5. The highest BCUT2D eigenvalue weighted by Crippen LogP contribution is 2.12. The molecule has 19 heavy (non-hydrogen) atoms. The quantitative estimate of drug-likeness (QED) is 0.814. The summed E-state index contributed by atoms with van der Waals surface area (Å²) in [6.45, 7) is 1.87. The van der Waals surface area contributed by atoms with Crippen molar-refractivity contribution < 1.29 is 14.3 Å². The summed E-state index contributed by atoms with van der Waals surface area (Å²) in [5.41, 5.74) is 0. The Bertz CT molecular complexity index is 567. The molecule has 2 aromatic rings. The molecule has 0 unspecified atom stereocenters. The molecule has 0 aliphatic rings. The minimum absolute atomic E-state index is 0.0235. The second-order valence-corrected chi connectivity index (χ2v) is 4.26. The highest BCUT2D eigenvalue weighted by molar-refractivity contribution is 7.99. The van der Waals surface area contributed by atoms with Crippen molar-refractivity contribution in [2.75, 3.05) is 12.4 Å². The lowest BCUT2D eigenvalue weighted by Gasteiger charge is -2.02. The third kappa shape index (κ3) is 3.65. The molecule has 0 aliphatic heterocycles.